The summed E-state index contributed by atoms with van der Waals surface area (Å²) in [5.74, 6) is -0.518. The third-order valence-electron chi connectivity index (χ3n) is 4.71. The van der Waals surface area contributed by atoms with E-state index in [2.05, 4.69) is 16.0 Å². The van der Waals surface area contributed by atoms with Crippen molar-refractivity contribution in [1.29, 1.82) is 0 Å². The first-order valence-corrected chi connectivity index (χ1v) is 12.4. The number of amides is 2. The Balaban J connectivity index is 1.88. The van der Waals surface area contributed by atoms with Gasteiger partial charge < -0.3 is 20.7 Å². The minimum Gasteiger partial charge on any atom is -0.484 e. The van der Waals surface area contributed by atoms with E-state index in [4.69, 9.17) is 4.74 Å². The molecule has 2 amide bonds. The molecule has 0 radical (unpaired) electrons. The molecule has 2 aromatic carbocycles. The molecular weight excluding hydrogens is 464 g/mol. The Kier molecular flexibility index (Phi) is 9.36. The maximum Gasteiger partial charge on any atom is 0.293 e. The molecule has 12 heteroatoms. The highest BCUT2D eigenvalue weighted by Gasteiger charge is 2.24. The SMILES string of the molecule is CC(C)[C@H](NC(=O)COc1ccccc1)C(=O)NCCNc1ccc(S(C)(=O)=O)cc1[N+](=O)[O-]. The lowest BCUT2D eigenvalue weighted by molar-refractivity contribution is -0.384. The fourth-order valence-corrected chi connectivity index (χ4v) is 3.59. The number of para-hydroxylation sites is 1. The van der Waals surface area contributed by atoms with Gasteiger partial charge in [-0.25, -0.2) is 8.42 Å². The molecule has 0 saturated carbocycles. The molecule has 0 bridgehead atoms. The first-order valence-electron chi connectivity index (χ1n) is 10.5. The Morgan fingerprint density at radius 2 is 1.76 bits per heavy atom. The molecule has 1 atom stereocenters. The van der Waals surface area contributed by atoms with Crippen LogP contribution in [-0.4, -0.2) is 57.1 Å². The van der Waals surface area contributed by atoms with Crippen molar-refractivity contribution in [2.45, 2.75) is 24.8 Å². The quantitative estimate of drug-likeness (QED) is 0.230. The van der Waals surface area contributed by atoms with Crippen LogP contribution in [0.1, 0.15) is 13.8 Å². The number of ether oxygens (including phenoxy) is 1. The lowest BCUT2D eigenvalue weighted by Gasteiger charge is -2.22. The minimum absolute atomic E-state index is 0.115. The third kappa shape index (κ3) is 8.03. The summed E-state index contributed by atoms with van der Waals surface area (Å²) < 4.78 is 28.7. The van der Waals surface area contributed by atoms with Gasteiger partial charge in [-0.15, -0.1) is 0 Å². The van der Waals surface area contributed by atoms with E-state index in [-0.39, 0.29) is 41.9 Å². The van der Waals surface area contributed by atoms with Crippen LogP contribution in [0.2, 0.25) is 0 Å². The molecule has 0 saturated heterocycles. The number of nitrogens with zero attached hydrogens (tertiary/aromatic N) is 1. The van der Waals surface area contributed by atoms with Crippen LogP contribution in [-0.2, 0) is 19.4 Å². The molecule has 0 unspecified atom stereocenters. The molecule has 2 aromatic rings. The highest BCUT2D eigenvalue weighted by Crippen LogP contribution is 2.27. The van der Waals surface area contributed by atoms with Gasteiger partial charge in [0.2, 0.25) is 5.91 Å². The first-order chi connectivity index (χ1) is 16.0. The molecule has 0 aliphatic carbocycles. The number of rotatable bonds is 12. The van der Waals surface area contributed by atoms with Crippen LogP contribution in [0.25, 0.3) is 0 Å². The summed E-state index contributed by atoms with van der Waals surface area (Å²) in [5, 5.41) is 19.4. The fourth-order valence-electron chi connectivity index (χ4n) is 2.95. The van der Waals surface area contributed by atoms with E-state index in [1.165, 1.54) is 12.1 Å². The summed E-state index contributed by atoms with van der Waals surface area (Å²) >= 11 is 0. The predicted octanol–water partition coefficient (Wildman–Crippen LogP) is 1.75. The maximum atomic E-state index is 12.6. The van der Waals surface area contributed by atoms with E-state index in [0.29, 0.717) is 5.75 Å². The second kappa shape index (κ2) is 12.0. The number of hydrogen-bond donors (Lipinski definition) is 3. The molecule has 184 valence electrons. The van der Waals surface area contributed by atoms with Crippen molar-refractivity contribution in [3.8, 4) is 5.75 Å². The van der Waals surface area contributed by atoms with E-state index in [1.807, 2.05) is 6.07 Å². The third-order valence-corrected chi connectivity index (χ3v) is 5.82. The maximum absolute atomic E-state index is 12.6. The van der Waals surface area contributed by atoms with Gasteiger partial charge >= 0.3 is 0 Å². The van der Waals surface area contributed by atoms with Crippen molar-refractivity contribution in [1.82, 2.24) is 10.6 Å². The van der Waals surface area contributed by atoms with E-state index >= 15 is 0 Å². The van der Waals surface area contributed by atoms with Crippen LogP contribution in [0.3, 0.4) is 0 Å². The number of nitro groups is 1. The number of sulfone groups is 1. The van der Waals surface area contributed by atoms with E-state index in [9.17, 15) is 28.1 Å². The van der Waals surface area contributed by atoms with Gasteiger partial charge in [-0.2, -0.15) is 0 Å². The summed E-state index contributed by atoms with van der Waals surface area (Å²) in [4.78, 5) is 35.2. The van der Waals surface area contributed by atoms with Gasteiger partial charge in [-0.3, -0.25) is 19.7 Å². The van der Waals surface area contributed by atoms with E-state index < -0.39 is 32.6 Å². The zero-order valence-electron chi connectivity index (χ0n) is 19.1. The highest BCUT2D eigenvalue weighted by molar-refractivity contribution is 7.90. The van der Waals surface area contributed by atoms with Gasteiger partial charge in [-0.05, 0) is 30.2 Å². The van der Waals surface area contributed by atoms with Gasteiger partial charge in [0.05, 0.1) is 9.82 Å². The summed E-state index contributed by atoms with van der Waals surface area (Å²) in [6.45, 7) is 3.58. The van der Waals surface area contributed by atoms with Crippen molar-refractivity contribution in [2.75, 3.05) is 31.3 Å². The second-order valence-corrected chi connectivity index (χ2v) is 9.83. The summed E-state index contributed by atoms with van der Waals surface area (Å²) in [5.41, 5.74) is -0.265. The van der Waals surface area contributed by atoms with Gasteiger partial charge in [0.15, 0.2) is 16.4 Å². The predicted molar refractivity (Wildman–Crippen MR) is 126 cm³/mol. The zero-order chi connectivity index (χ0) is 25.3. The molecule has 0 aliphatic rings. The standard InChI is InChI=1S/C22H28N4O7S/c1-15(2)21(25-20(27)14-33-16-7-5-4-6-8-16)22(28)24-12-11-23-18-10-9-17(34(3,31)32)13-19(18)26(29)30/h4-10,13,15,21,23H,11-12,14H2,1-3H3,(H,24,28)(H,25,27)/t21-/m0/s1. The Hall–Kier alpha value is -3.67. The van der Waals surface area contributed by atoms with Crippen molar-refractivity contribution in [3.63, 3.8) is 0 Å². The van der Waals surface area contributed by atoms with Crippen molar-refractivity contribution in [2.24, 2.45) is 5.92 Å². The lowest BCUT2D eigenvalue weighted by Crippen LogP contribution is -2.51. The van der Waals surface area contributed by atoms with E-state index in [1.54, 1.807) is 38.1 Å². The summed E-state index contributed by atoms with van der Waals surface area (Å²) in [6, 6.07) is 11.6. The fraction of sp³-hybridized carbons (Fsp3) is 0.364. The molecule has 0 aliphatic heterocycles. The molecule has 2 rings (SSSR count). The van der Waals surface area contributed by atoms with Crippen LogP contribution in [0.4, 0.5) is 11.4 Å². The van der Waals surface area contributed by atoms with Crippen LogP contribution in [0.5, 0.6) is 5.75 Å². The largest absolute Gasteiger partial charge is 0.484 e. The number of nitrogens with one attached hydrogen (secondary N) is 3. The molecule has 11 nitrogen and oxygen atoms in total. The summed E-state index contributed by atoms with van der Waals surface area (Å²) in [6.07, 6.45) is 0.965. The van der Waals surface area contributed by atoms with Crippen molar-refractivity contribution < 1.29 is 27.7 Å². The summed E-state index contributed by atoms with van der Waals surface area (Å²) in [7, 11) is -3.59. The van der Waals surface area contributed by atoms with Gasteiger partial charge in [-0.1, -0.05) is 32.0 Å². The zero-order valence-corrected chi connectivity index (χ0v) is 19.9. The topological polar surface area (TPSA) is 157 Å². The van der Waals surface area contributed by atoms with Crippen LogP contribution in [0, 0.1) is 16.0 Å². The van der Waals surface area contributed by atoms with Crippen LogP contribution >= 0.6 is 0 Å². The van der Waals surface area contributed by atoms with E-state index in [0.717, 1.165) is 12.3 Å². The Labute approximate surface area is 198 Å². The number of carbonyl (C=O) groups is 2. The number of nitro benzene ring substituents is 1. The first kappa shape index (κ1) is 26.6. The second-order valence-electron chi connectivity index (χ2n) is 7.82. The average molecular weight is 493 g/mol. The highest BCUT2D eigenvalue weighted by atomic mass is 32.2. The molecule has 0 fully saturated rings. The molecule has 34 heavy (non-hydrogen) atoms. The normalized spacial score (nSPS) is 12.0. The lowest BCUT2D eigenvalue weighted by atomic mass is 10.0. The van der Waals surface area contributed by atoms with Crippen LogP contribution < -0.4 is 20.7 Å². The molecular formula is C22H28N4O7S. The van der Waals surface area contributed by atoms with Crippen molar-refractivity contribution >= 4 is 33.0 Å². The molecule has 0 heterocycles. The number of hydrogen-bond acceptors (Lipinski definition) is 8. The molecule has 0 aromatic heterocycles. The smallest absolute Gasteiger partial charge is 0.293 e. The van der Waals surface area contributed by atoms with Crippen molar-refractivity contribution in [3.05, 3.63) is 58.6 Å². The van der Waals surface area contributed by atoms with Gasteiger partial charge in [0.1, 0.15) is 17.5 Å². The Morgan fingerprint density at radius 3 is 2.35 bits per heavy atom. The Bertz CT molecular complexity index is 1120. The van der Waals surface area contributed by atoms with Gasteiger partial charge in [0.25, 0.3) is 11.6 Å². The molecule has 3 N–H and O–H groups in total. The van der Waals surface area contributed by atoms with Crippen LogP contribution in [0.15, 0.2) is 53.4 Å². The molecule has 0 spiro atoms. The Morgan fingerprint density at radius 1 is 1.09 bits per heavy atom. The van der Waals surface area contributed by atoms with Gasteiger partial charge in [0, 0.05) is 25.4 Å². The monoisotopic (exact) mass is 492 g/mol. The number of anilines is 1. The number of carbonyl (C=O) groups excluding carboxylic acids is 2. The number of benzene rings is 2. The average Bonchev–Trinajstić information content (AvgIpc) is 2.78. The minimum atomic E-state index is -3.59.